The second kappa shape index (κ2) is 11.3. The number of ether oxygens (including phenoxy) is 2. The molecule has 33 heavy (non-hydrogen) atoms. The van der Waals surface area contributed by atoms with Crippen LogP contribution in [0.15, 0.2) is 64.4 Å². The Hall–Kier alpha value is -2.93. The summed E-state index contributed by atoms with van der Waals surface area (Å²) in [6.45, 7) is -0.0180. The maximum Gasteiger partial charge on any atom is 0.273 e. The third-order valence-electron chi connectivity index (χ3n) is 4.52. The SMILES string of the molecule is COc1ccc(NC(=O)c2cnc[nH]2)cc1S(=O)(=O)N(CCOCCO)c1ccc(Br)cc1. The number of methoxy groups -OCH3 is 1. The van der Waals surface area contributed by atoms with Gasteiger partial charge in [0.2, 0.25) is 0 Å². The molecular weight excluding hydrogens is 516 g/mol. The molecular formula is C21H23BrN4O6S. The van der Waals surface area contributed by atoms with Gasteiger partial charge in [0, 0.05) is 10.2 Å². The molecule has 0 unspecified atom stereocenters. The van der Waals surface area contributed by atoms with Crippen molar-refractivity contribution in [3.8, 4) is 5.75 Å². The highest BCUT2D eigenvalue weighted by atomic mass is 79.9. The highest BCUT2D eigenvalue weighted by molar-refractivity contribution is 9.10. The van der Waals surface area contributed by atoms with Gasteiger partial charge >= 0.3 is 0 Å². The van der Waals surface area contributed by atoms with Crippen molar-refractivity contribution in [2.75, 3.05) is 43.1 Å². The average Bonchev–Trinajstić information content (AvgIpc) is 3.35. The third-order valence-corrected chi connectivity index (χ3v) is 6.90. The largest absolute Gasteiger partial charge is 0.495 e. The molecule has 0 saturated carbocycles. The summed E-state index contributed by atoms with van der Waals surface area (Å²) in [6, 6.07) is 11.1. The summed E-state index contributed by atoms with van der Waals surface area (Å²) in [6.07, 6.45) is 2.73. The van der Waals surface area contributed by atoms with Crippen molar-refractivity contribution < 1.29 is 27.8 Å². The number of nitrogens with zero attached hydrogens (tertiary/aromatic N) is 2. The minimum atomic E-state index is -4.13. The number of halogens is 1. The summed E-state index contributed by atoms with van der Waals surface area (Å²) in [5.74, 6) is -0.351. The predicted molar refractivity (Wildman–Crippen MR) is 126 cm³/mol. The average molecular weight is 539 g/mol. The van der Waals surface area contributed by atoms with E-state index in [0.717, 1.165) is 4.47 Å². The summed E-state index contributed by atoms with van der Waals surface area (Å²) in [4.78, 5) is 18.7. The topological polar surface area (TPSA) is 134 Å². The first kappa shape index (κ1) is 24.7. The monoisotopic (exact) mass is 538 g/mol. The molecule has 0 atom stereocenters. The molecule has 1 heterocycles. The van der Waals surface area contributed by atoms with Crippen molar-refractivity contribution >= 4 is 43.2 Å². The third kappa shape index (κ3) is 6.11. The van der Waals surface area contributed by atoms with Gasteiger partial charge in [-0.05, 0) is 42.5 Å². The van der Waals surface area contributed by atoms with Crippen LogP contribution in [0.4, 0.5) is 11.4 Å². The lowest BCUT2D eigenvalue weighted by Gasteiger charge is -2.25. The molecule has 176 valence electrons. The Balaban J connectivity index is 1.97. The van der Waals surface area contributed by atoms with E-state index in [9.17, 15) is 13.2 Å². The van der Waals surface area contributed by atoms with E-state index < -0.39 is 15.9 Å². The number of carbonyl (C=O) groups excluding carboxylic acids is 1. The van der Waals surface area contributed by atoms with Gasteiger partial charge in [-0.15, -0.1) is 0 Å². The van der Waals surface area contributed by atoms with Crippen molar-refractivity contribution in [1.29, 1.82) is 0 Å². The normalized spacial score (nSPS) is 11.2. The van der Waals surface area contributed by atoms with Gasteiger partial charge in [0.05, 0.1) is 51.7 Å². The van der Waals surface area contributed by atoms with Crippen molar-refractivity contribution in [3.05, 3.63) is 65.2 Å². The number of rotatable bonds is 11. The standard InChI is InChI=1S/C21H23BrN4O6S/c1-31-19-7-4-16(25-21(28)18-13-23-14-24-18)12-20(19)33(29,30)26(8-10-32-11-9-27)17-5-2-15(22)3-6-17/h2-7,12-14,27H,8-11H2,1H3,(H,23,24)(H,25,28). The number of aromatic amines is 1. The summed E-state index contributed by atoms with van der Waals surface area (Å²) >= 11 is 3.35. The fraction of sp³-hybridized carbons (Fsp3) is 0.238. The van der Waals surface area contributed by atoms with Crippen LogP contribution in [0.2, 0.25) is 0 Å². The van der Waals surface area contributed by atoms with Crippen LogP contribution in [0.1, 0.15) is 10.5 Å². The molecule has 3 rings (SSSR count). The number of nitrogens with one attached hydrogen (secondary N) is 2. The molecule has 3 N–H and O–H groups in total. The van der Waals surface area contributed by atoms with Gasteiger partial charge in [-0.25, -0.2) is 13.4 Å². The van der Waals surface area contributed by atoms with E-state index in [1.807, 2.05) is 0 Å². The molecule has 0 radical (unpaired) electrons. The summed E-state index contributed by atoms with van der Waals surface area (Å²) < 4.78 is 40.0. The number of H-pyrrole nitrogens is 1. The summed E-state index contributed by atoms with van der Waals surface area (Å²) in [5, 5.41) is 11.6. The van der Waals surface area contributed by atoms with Gasteiger partial charge in [-0.1, -0.05) is 15.9 Å². The number of carbonyl (C=O) groups is 1. The van der Waals surface area contributed by atoms with Crippen LogP contribution in [0.5, 0.6) is 5.75 Å². The second-order valence-electron chi connectivity index (χ2n) is 6.67. The van der Waals surface area contributed by atoms with Gasteiger partial charge in [0.1, 0.15) is 16.3 Å². The molecule has 0 aliphatic heterocycles. The number of anilines is 2. The van der Waals surface area contributed by atoms with Crippen LogP contribution in [-0.4, -0.2) is 62.9 Å². The molecule has 12 heteroatoms. The number of hydrogen-bond acceptors (Lipinski definition) is 7. The van der Waals surface area contributed by atoms with E-state index in [4.69, 9.17) is 14.6 Å². The minimum absolute atomic E-state index is 0.00213. The molecule has 0 aliphatic rings. The first-order valence-corrected chi connectivity index (χ1v) is 12.0. The van der Waals surface area contributed by atoms with E-state index in [-0.39, 0.29) is 48.4 Å². The highest BCUT2D eigenvalue weighted by Crippen LogP contribution is 2.32. The van der Waals surface area contributed by atoms with E-state index in [1.54, 1.807) is 30.3 Å². The van der Waals surface area contributed by atoms with Crippen LogP contribution in [0.3, 0.4) is 0 Å². The second-order valence-corrected chi connectivity index (χ2v) is 9.42. The van der Waals surface area contributed by atoms with Crippen molar-refractivity contribution in [2.24, 2.45) is 0 Å². The zero-order valence-electron chi connectivity index (χ0n) is 17.7. The lowest BCUT2D eigenvalue weighted by molar-refractivity contribution is 0.0980. The smallest absolute Gasteiger partial charge is 0.273 e. The van der Waals surface area contributed by atoms with Gasteiger partial charge in [-0.2, -0.15) is 0 Å². The lowest BCUT2D eigenvalue weighted by Crippen LogP contribution is -2.34. The number of hydrogen-bond donors (Lipinski definition) is 3. The van der Waals surface area contributed by atoms with Crippen molar-refractivity contribution in [3.63, 3.8) is 0 Å². The van der Waals surface area contributed by atoms with Gasteiger partial charge in [-0.3, -0.25) is 9.10 Å². The van der Waals surface area contributed by atoms with Crippen LogP contribution in [0, 0.1) is 0 Å². The number of benzene rings is 2. The maximum absolute atomic E-state index is 13.7. The molecule has 0 aliphatic carbocycles. The number of imidazole rings is 1. The van der Waals surface area contributed by atoms with Crippen LogP contribution < -0.4 is 14.4 Å². The quantitative estimate of drug-likeness (QED) is 0.319. The molecule has 1 aromatic heterocycles. The summed E-state index contributed by atoms with van der Waals surface area (Å²) in [5.41, 5.74) is 0.911. The van der Waals surface area contributed by atoms with Gasteiger partial charge in [0.15, 0.2) is 0 Å². The van der Waals surface area contributed by atoms with Gasteiger partial charge < -0.3 is 24.9 Å². The van der Waals surface area contributed by atoms with E-state index >= 15 is 0 Å². The van der Waals surface area contributed by atoms with Crippen LogP contribution in [0.25, 0.3) is 0 Å². The molecule has 0 bridgehead atoms. The Morgan fingerprint density at radius 3 is 2.61 bits per heavy atom. The van der Waals surface area contributed by atoms with Crippen molar-refractivity contribution in [2.45, 2.75) is 4.90 Å². The lowest BCUT2D eigenvalue weighted by atomic mass is 10.3. The predicted octanol–water partition coefficient (Wildman–Crippen LogP) is 2.64. The Morgan fingerprint density at radius 2 is 1.97 bits per heavy atom. The molecule has 2 aromatic carbocycles. The fourth-order valence-electron chi connectivity index (χ4n) is 2.96. The number of aliphatic hydroxyl groups is 1. The molecule has 1 amide bonds. The minimum Gasteiger partial charge on any atom is -0.495 e. The number of aromatic nitrogens is 2. The van der Waals surface area contributed by atoms with Gasteiger partial charge in [0.25, 0.3) is 15.9 Å². The maximum atomic E-state index is 13.7. The highest BCUT2D eigenvalue weighted by Gasteiger charge is 2.29. The number of aliphatic hydroxyl groups excluding tert-OH is 1. The Kier molecular flexibility index (Phi) is 8.44. The van der Waals surface area contributed by atoms with E-state index in [0.29, 0.717) is 5.69 Å². The Morgan fingerprint density at radius 1 is 1.21 bits per heavy atom. The molecule has 3 aromatic rings. The molecule has 0 saturated heterocycles. The fourth-order valence-corrected chi connectivity index (χ4v) is 4.86. The first-order chi connectivity index (χ1) is 15.9. The first-order valence-electron chi connectivity index (χ1n) is 9.81. The molecule has 0 fully saturated rings. The van der Waals surface area contributed by atoms with Crippen LogP contribution >= 0.6 is 15.9 Å². The zero-order chi connectivity index (χ0) is 23.8. The Labute approximate surface area is 199 Å². The number of amides is 1. The zero-order valence-corrected chi connectivity index (χ0v) is 20.1. The van der Waals surface area contributed by atoms with E-state index in [1.165, 1.54) is 36.1 Å². The van der Waals surface area contributed by atoms with E-state index in [2.05, 4.69) is 31.2 Å². The molecule has 0 spiro atoms. The van der Waals surface area contributed by atoms with Crippen LogP contribution in [-0.2, 0) is 14.8 Å². The number of sulfonamides is 1. The Bertz CT molecular complexity index is 1170. The molecule has 10 nitrogen and oxygen atoms in total. The summed E-state index contributed by atoms with van der Waals surface area (Å²) in [7, 11) is -2.76. The van der Waals surface area contributed by atoms with Crippen molar-refractivity contribution in [1.82, 2.24) is 9.97 Å².